The third-order valence-corrected chi connectivity index (χ3v) is 4.33. The molecule has 22 heavy (non-hydrogen) atoms. The Bertz CT molecular complexity index is 453. The van der Waals surface area contributed by atoms with Crippen LogP contribution in [0.3, 0.4) is 0 Å². The normalized spacial score (nSPS) is 24.0. The first-order valence-corrected chi connectivity index (χ1v) is 8.54. The van der Waals surface area contributed by atoms with Gasteiger partial charge in [0, 0.05) is 0 Å². The molecule has 1 aliphatic heterocycles. The second-order valence-corrected chi connectivity index (χ2v) is 7.50. The number of hydrogen-bond donors (Lipinski definition) is 3. The van der Waals surface area contributed by atoms with Crippen molar-refractivity contribution < 1.29 is 9.64 Å². The minimum Gasteiger partial charge on any atom is -0.370 e. The molecule has 1 aliphatic carbocycles. The van der Waals surface area contributed by atoms with Gasteiger partial charge in [0.15, 0.2) is 5.11 Å². The Labute approximate surface area is 139 Å². The van der Waals surface area contributed by atoms with Crippen LogP contribution in [0.1, 0.15) is 33.6 Å². The lowest BCUT2D eigenvalue weighted by Gasteiger charge is -2.29. The predicted octanol–water partition coefficient (Wildman–Crippen LogP) is 0.488. The van der Waals surface area contributed by atoms with Crippen molar-refractivity contribution in [3.63, 3.8) is 0 Å². The zero-order valence-electron chi connectivity index (χ0n) is 14.0. The average molecular weight is 326 g/mol. The quantitative estimate of drug-likeness (QED) is 0.520. The molecule has 0 radical (unpaired) electrons. The van der Waals surface area contributed by atoms with E-state index in [9.17, 15) is 0 Å². The molecule has 2 rings (SSSR count). The molecule has 0 unspecified atom stereocenters. The van der Waals surface area contributed by atoms with Crippen molar-refractivity contribution in [2.75, 3.05) is 39.4 Å². The van der Waals surface area contributed by atoms with Gasteiger partial charge in [-0.1, -0.05) is 19.4 Å². The van der Waals surface area contributed by atoms with Crippen molar-refractivity contribution >= 4 is 23.0 Å². The molecule has 0 aromatic carbocycles. The van der Waals surface area contributed by atoms with Crippen LogP contribution in [-0.2, 0) is 4.74 Å². The van der Waals surface area contributed by atoms with Crippen LogP contribution in [0.15, 0.2) is 16.8 Å². The number of thiocarbonyl (C=S) groups is 1. The minimum atomic E-state index is 0.286. The molecule has 124 valence electrons. The topological polar surface area (TPSA) is 50.1 Å². The Hall–Kier alpha value is -0.980. The lowest BCUT2D eigenvalue weighted by Crippen LogP contribution is -3.14. The SMILES string of the molecule is CC1=C/C(=N/NC(=S)NCC[NH+]2CCOCC2)CC(C)(C)C1. The molecule has 0 spiro atoms. The fourth-order valence-corrected chi connectivity index (χ4v) is 3.34. The summed E-state index contributed by atoms with van der Waals surface area (Å²) in [4.78, 5) is 1.57. The third-order valence-electron chi connectivity index (χ3n) is 4.10. The first kappa shape index (κ1) is 17.4. The molecular weight excluding hydrogens is 296 g/mol. The Morgan fingerprint density at radius 3 is 2.77 bits per heavy atom. The Morgan fingerprint density at radius 2 is 2.09 bits per heavy atom. The number of allylic oxidation sites excluding steroid dienone is 2. The maximum atomic E-state index is 5.36. The highest BCUT2D eigenvalue weighted by atomic mass is 32.1. The third kappa shape index (κ3) is 6.02. The minimum absolute atomic E-state index is 0.286. The number of ether oxygens (including phenoxy) is 1. The van der Waals surface area contributed by atoms with Gasteiger partial charge in [-0.15, -0.1) is 0 Å². The fourth-order valence-electron chi connectivity index (χ4n) is 3.19. The first-order valence-electron chi connectivity index (χ1n) is 8.13. The van der Waals surface area contributed by atoms with Gasteiger partial charge < -0.3 is 15.0 Å². The summed E-state index contributed by atoms with van der Waals surface area (Å²) in [6, 6.07) is 0. The van der Waals surface area contributed by atoms with E-state index in [-0.39, 0.29) is 5.41 Å². The van der Waals surface area contributed by atoms with Crippen LogP contribution in [-0.4, -0.2) is 50.2 Å². The first-order chi connectivity index (χ1) is 10.4. The van der Waals surface area contributed by atoms with Gasteiger partial charge in [0.2, 0.25) is 0 Å². The van der Waals surface area contributed by atoms with Crippen molar-refractivity contribution in [3.05, 3.63) is 11.6 Å². The summed E-state index contributed by atoms with van der Waals surface area (Å²) >= 11 is 5.29. The van der Waals surface area contributed by atoms with E-state index in [1.54, 1.807) is 4.90 Å². The lowest BCUT2D eigenvalue weighted by atomic mass is 9.77. The smallest absolute Gasteiger partial charge is 0.187 e. The number of rotatable bonds is 4. The number of hydrogen-bond acceptors (Lipinski definition) is 3. The molecule has 0 aromatic heterocycles. The van der Waals surface area contributed by atoms with E-state index in [0.29, 0.717) is 5.11 Å². The molecule has 1 saturated heterocycles. The maximum Gasteiger partial charge on any atom is 0.187 e. The molecule has 3 N–H and O–H groups in total. The number of quaternary nitrogens is 1. The van der Waals surface area contributed by atoms with Gasteiger partial charge in [-0.2, -0.15) is 5.10 Å². The van der Waals surface area contributed by atoms with Crippen molar-refractivity contribution in [1.29, 1.82) is 0 Å². The van der Waals surface area contributed by atoms with Gasteiger partial charge in [-0.25, -0.2) is 0 Å². The standard InChI is InChI=1S/C16H28N4OS/c1-13-10-14(12-16(2,3)11-13)18-19-15(22)17-4-5-20-6-8-21-9-7-20/h10H,4-9,11-12H2,1-3H3,(H2,17,19,22)/p+1/b18-14-. The second-order valence-electron chi connectivity index (χ2n) is 7.09. The van der Waals surface area contributed by atoms with Crippen LogP contribution < -0.4 is 15.6 Å². The van der Waals surface area contributed by atoms with E-state index in [1.807, 2.05) is 0 Å². The highest BCUT2D eigenvalue weighted by Crippen LogP contribution is 2.33. The number of morpholine rings is 1. The van der Waals surface area contributed by atoms with Gasteiger partial charge in [0.1, 0.15) is 13.1 Å². The summed E-state index contributed by atoms with van der Waals surface area (Å²) in [5, 5.41) is 8.29. The summed E-state index contributed by atoms with van der Waals surface area (Å²) in [6.07, 6.45) is 4.29. The molecule has 0 atom stereocenters. The van der Waals surface area contributed by atoms with Crippen molar-refractivity contribution in [3.8, 4) is 0 Å². The van der Waals surface area contributed by atoms with E-state index in [0.717, 1.165) is 57.9 Å². The van der Waals surface area contributed by atoms with Crippen molar-refractivity contribution in [2.45, 2.75) is 33.6 Å². The maximum absolute atomic E-state index is 5.36. The number of nitrogens with one attached hydrogen (secondary N) is 3. The highest BCUT2D eigenvalue weighted by Gasteiger charge is 2.24. The molecule has 5 nitrogen and oxygen atoms in total. The van der Waals surface area contributed by atoms with Crippen LogP contribution in [0.2, 0.25) is 0 Å². The van der Waals surface area contributed by atoms with E-state index in [1.165, 1.54) is 5.57 Å². The summed E-state index contributed by atoms with van der Waals surface area (Å²) in [6.45, 7) is 12.6. The van der Waals surface area contributed by atoms with Gasteiger partial charge in [-0.05, 0) is 43.5 Å². The molecule has 1 fully saturated rings. The molecule has 0 aromatic rings. The summed E-state index contributed by atoms with van der Waals surface area (Å²) in [5.41, 5.74) is 5.73. The fraction of sp³-hybridized carbons (Fsp3) is 0.750. The van der Waals surface area contributed by atoms with Crippen molar-refractivity contribution in [1.82, 2.24) is 10.7 Å². The van der Waals surface area contributed by atoms with E-state index >= 15 is 0 Å². The molecule has 6 heteroatoms. The van der Waals surface area contributed by atoms with Crippen LogP contribution in [0.25, 0.3) is 0 Å². The van der Waals surface area contributed by atoms with Crippen LogP contribution in [0.5, 0.6) is 0 Å². The largest absolute Gasteiger partial charge is 0.370 e. The van der Waals surface area contributed by atoms with E-state index < -0.39 is 0 Å². The highest BCUT2D eigenvalue weighted by molar-refractivity contribution is 7.80. The number of hydrazone groups is 1. The molecule has 0 bridgehead atoms. The van der Waals surface area contributed by atoms with E-state index in [2.05, 4.69) is 42.7 Å². The zero-order valence-corrected chi connectivity index (χ0v) is 14.8. The molecular formula is C16H29N4OS+. The summed E-state index contributed by atoms with van der Waals surface area (Å²) in [7, 11) is 0. The lowest BCUT2D eigenvalue weighted by molar-refractivity contribution is -0.906. The van der Waals surface area contributed by atoms with Crippen molar-refractivity contribution in [2.24, 2.45) is 10.5 Å². The van der Waals surface area contributed by atoms with Crippen LogP contribution >= 0.6 is 12.2 Å². The molecule has 2 aliphatic rings. The monoisotopic (exact) mass is 325 g/mol. The average Bonchev–Trinajstić information content (AvgIpc) is 2.44. The predicted molar refractivity (Wildman–Crippen MR) is 94.3 cm³/mol. The van der Waals surface area contributed by atoms with Gasteiger partial charge in [0.25, 0.3) is 0 Å². The zero-order chi connectivity index (χ0) is 16.0. The Kier molecular flexibility index (Phi) is 6.35. The van der Waals surface area contributed by atoms with Gasteiger partial charge in [-0.3, -0.25) is 5.43 Å². The van der Waals surface area contributed by atoms with Gasteiger partial charge in [0.05, 0.1) is 32.0 Å². The van der Waals surface area contributed by atoms with E-state index in [4.69, 9.17) is 17.0 Å². The van der Waals surface area contributed by atoms with Gasteiger partial charge >= 0.3 is 0 Å². The number of nitrogens with zero attached hydrogens (tertiary/aromatic N) is 1. The molecule has 0 amide bonds. The molecule has 0 saturated carbocycles. The van der Waals surface area contributed by atoms with Crippen LogP contribution in [0.4, 0.5) is 0 Å². The summed E-state index contributed by atoms with van der Waals surface area (Å²) < 4.78 is 5.36. The van der Waals surface area contributed by atoms with Crippen LogP contribution in [0, 0.1) is 5.41 Å². The summed E-state index contributed by atoms with van der Waals surface area (Å²) in [5.74, 6) is 0. The Morgan fingerprint density at radius 1 is 1.36 bits per heavy atom. The molecule has 1 heterocycles. The Balaban J connectivity index is 1.70. The second kappa shape index (κ2) is 8.04.